The molecule has 2 rings (SSSR count). The summed E-state index contributed by atoms with van der Waals surface area (Å²) in [6, 6.07) is 9.27. The van der Waals surface area contributed by atoms with Crippen LogP contribution in [0.25, 0.3) is 11.4 Å². The van der Waals surface area contributed by atoms with Crippen molar-refractivity contribution in [3.05, 3.63) is 46.7 Å². The Labute approximate surface area is 95.6 Å². The zero-order valence-corrected chi connectivity index (χ0v) is 9.27. The molecule has 0 saturated carbocycles. The molecule has 0 atom stereocenters. The van der Waals surface area contributed by atoms with Gasteiger partial charge in [0.1, 0.15) is 6.07 Å². The van der Waals surface area contributed by atoms with Crippen molar-refractivity contribution >= 4 is 15.9 Å². The van der Waals surface area contributed by atoms with Crippen LogP contribution in [-0.2, 0) is 0 Å². The first-order valence-electron chi connectivity index (χ1n) is 4.27. The molecule has 0 saturated heterocycles. The van der Waals surface area contributed by atoms with E-state index in [4.69, 9.17) is 5.26 Å². The van der Waals surface area contributed by atoms with Gasteiger partial charge in [-0.25, -0.2) is 0 Å². The lowest BCUT2D eigenvalue weighted by atomic mass is 10.2. The van der Waals surface area contributed by atoms with E-state index in [0.717, 1.165) is 15.9 Å². The summed E-state index contributed by atoms with van der Waals surface area (Å²) in [5.41, 5.74) is 2.10. The van der Waals surface area contributed by atoms with Gasteiger partial charge in [-0.05, 0) is 24.3 Å². The molecule has 2 aromatic heterocycles. The summed E-state index contributed by atoms with van der Waals surface area (Å²) in [6.45, 7) is 0. The van der Waals surface area contributed by atoms with Gasteiger partial charge in [0.25, 0.3) is 0 Å². The average Bonchev–Trinajstić information content (AvgIpc) is 2.29. The van der Waals surface area contributed by atoms with Crippen LogP contribution in [0.15, 0.2) is 41.1 Å². The van der Waals surface area contributed by atoms with Gasteiger partial charge in [0.05, 0.1) is 17.0 Å². The van der Waals surface area contributed by atoms with Gasteiger partial charge in [0, 0.05) is 16.9 Å². The molecule has 0 unspecified atom stereocenters. The fourth-order valence-corrected chi connectivity index (χ4v) is 1.49. The number of aromatic nitrogens is 2. The Hall–Kier alpha value is -1.73. The summed E-state index contributed by atoms with van der Waals surface area (Å²) in [5, 5.41) is 8.63. The summed E-state index contributed by atoms with van der Waals surface area (Å²) in [5.74, 6) is 0. The lowest BCUT2D eigenvalue weighted by Gasteiger charge is -1.99. The molecule has 4 heteroatoms. The summed E-state index contributed by atoms with van der Waals surface area (Å²) in [4.78, 5) is 8.34. The van der Waals surface area contributed by atoms with E-state index in [9.17, 15) is 0 Å². The van der Waals surface area contributed by atoms with Crippen LogP contribution in [0.3, 0.4) is 0 Å². The van der Waals surface area contributed by atoms with Gasteiger partial charge in [0.15, 0.2) is 0 Å². The Kier molecular flexibility index (Phi) is 2.75. The lowest BCUT2D eigenvalue weighted by molar-refractivity contribution is 1.23. The first kappa shape index (κ1) is 9.81. The maximum absolute atomic E-state index is 8.63. The molecule has 0 fully saturated rings. The van der Waals surface area contributed by atoms with Gasteiger partial charge in [-0.2, -0.15) is 5.26 Å². The average molecular weight is 260 g/mol. The van der Waals surface area contributed by atoms with Crippen molar-refractivity contribution in [2.45, 2.75) is 0 Å². The van der Waals surface area contributed by atoms with Crippen molar-refractivity contribution < 1.29 is 0 Å². The number of hydrogen-bond donors (Lipinski definition) is 0. The topological polar surface area (TPSA) is 49.6 Å². The number of nitriles is 1. The highest BCUT2D eigenvalue weighted by atomic mass is 79.9. The van der Waals surface area contributed by atoms with Crippen LogP contribution < -0.4 is 0 Å². The van der Waals surface area contributed by atoms with Crippen LogP contribution in [0.2, 0.25) is 0 Å². The summed E-state index contributed by atoms with van der Waals surface area (Å²) < 4.78 is 0.957. The van der Waals surface area contributed by atoms with E-state index < -0.39 is 0 Å². The molecule has 0 aliphatic carbocycles. The highest BCUT2D eigenvalue weighted by molar-refractivity contribution is 9.10. The number of nitrogens with zero attached hydrogens (tertiary/aromatic N) is 3. The first-order chi connectivity index (χ1) is 7.29. The highest BCUT2D eigenvalue weighted by Crippen LogP contribution is 2.18. The van der Waals surface area contributed by atoms with Gasteiger partial charge in [-0.15, -0.1) is 0 Å². The third-order valence-electron chi connectivity index (χ3n) is 1.88. The van der Waals surface area contributed by atoms with Gasteiger partial charge in [0.2, 0.25) is 0 Å². The molecule has 72 valence electrons. The number of hydrogen-bond acceptors (Lipinski definition) is 3. The quantitative estimate of drug-likeness (QED) is 0.792. The number of halogens is 1. The van der Waals surface area contributed by atoms with E-state index >= 15 is 0 Å². The monoisotopic (exact) mass is 259 g/mol. The lowest BCUT2D eigenvalue weighted by Crippen LogP contribution is -1.87. The molecule has 0 radical (unpaired) electrons. The smallest absolute Gasteiger partial charge is 0.101 e. The van der Waals surface area contributed by atoms with Gasteiger partial charge < -0.3 is 0 Å². The third-order valence-corrected chi connectivity index (χ3v) is 2.37. The Bertz CT molecular complexity index is 514. The van der Waals surface area contributed by atoms with Crippen molar-refractivity contribution in [3.8, 4) is 17.5 Å². The van der Waals surface area contributed by atoms with Crippen LogP contribution in [-0.4, -0.2) is 9.97 Å². The predicted octanol–water partition coefficient (Wildman–Crippen LogP) is 2.78. The van der Waals surface area contributed by atoms with E-state index in [1.165, 1.54) is 6.20 Å². The minimum absolute atomic E-state index is 0.550. The molecular weight excluding hydrogens is 254 g/mol. The van der Waals surface area contributed by atoms with Crippen molar-refractivity contribution in [3.63, 3.8) is 0 Å². The second-order valence-electron chi connectivity index (χ2n) is 2.90. The second kappa shape index (κ2) is 4.20. The SMILES string of the molecule is N#Cc1ccc(-c2cc(Br)ccn2)nc1. The van der Waals surface area contributed by atoms with E-state index in [2.05, 4.69) is 25.9 Å². The fraction of sp³-hybridized carbons (Fsp3) is 0. The van der Waals surface area contributed by atoms with E-state index in [0.29, 0.717) is 5.56 Å². The molecule has 2 aromatic rings. The predicted molar refractivity (Wildman–Crippen MR) is 59.9 cm³/mol. The molecule has 0 N–H and O–H groups in total. The Morgan fingerprint density at radius 1 is 1.13 bits per heavy atom. The molecule has 0 bridgehead atoms. The number of pyridine rings is 2. The molecule has 0 aromatic carbocycles. The largest absolute Gasteiger partial charge is 0.255 e. The van der Waals surface area contributed by atoms with Crippen LogP contribution in [0.5, 0.6) is 0 Å². The van der Waals surface area contributed by atoms with Gasteiger partial charge >= 0.3 is 0 Å². The maximum atomic E-state index is 8.63. The fourth-order valence-electron chi connectivity index (χ4n) is 1.16. The highest BCUT2D eigenvalue weighted by Gasteiger charge is 2.01. The van der Waals surface area contributed by atoms with Crippen LogP contribution in [0.4, 0.5) is 0 Å². The zero-order valence-electron chi connectivity index (χ0n) is 7.68. The van der Waals surface area contributed by atoms with Gasteiger partial charge in [-0.1, -0.05) is 15.9 Å². The Morgan fingerprint density at radius 3 is 2.60 bits per heavy atom. The maximum Gasteiger partial charge on any atom is 0.101 e. The van der Waals surface area contributed by atoms with Crippen molar-refractivity contribution in [2.24, 2.45) is 0 Å². The molecule has 3 nitrogen and oxygen atoms in total. The van der Waals surface area contributed by atoms with Crippen molar-refractivity contribution in [1.82, 2.24) is 9.97 Å². The summed E-state index contributed by atoms with van der Waals surface area (Å²) >= 11 is 3.37. The van der Waals surface area contributed by atoms with E-state index in [1.807, 2.05) is 18.2 Å². The van der Waals surface area contributed by atoms with E-state index in [-0.39, 0.29) is 0 Å². The number of rotatable bonds is 1. The summed E-state index contributed by atoms with van der Waals surface area (Å²) in [7, 11) is 0. The first-order valence-corrected chi connectivity index (χ1v) is 5.07. The zero-order chi connectivity index (χ0) is 10.7. The Balaban J connectivity index is 2.42. The molecular formula is C11H6BrN3. The van der Waals surface area contributed by atoms with E-state index in [1.54, 1.807) is 18.3 Å². The summed E-state index contributed by atoms with van der Waals surface area (Å²) in [6.07, 6.45) is 3.25. The molecule has 15 heavy (non-hydrogen) atoms. The van der Waals surface area contributed by atoms with Crippen molar-refractivity contribution in [2.75, 3.05) is 0 Å². The molecule has 0 amide bonds. The standard InChI is InChI=1S/C11H6BrN3/c12-9-3-4-14-11(5-9)10-2-1-8(6-13)7-15-10/h1-5,7H. The van der Waals surface area contributed by atoms with Crippen LogP contribution in [0, 0.1) is 11.3 Å². The van der Waals surface area contributed by atoms with Crippen molar-refractivity contribution in [1.29, 1.82) is 5.26 Å². The minimum Gasteiger partial charge on any atom is -0.255 e. The minimum atomic E-state index is 0.550. The molecule has 2 heterocycles. The normalized spacial score (nSPS) is 9.60. The van der Waals surface area contributed by atoms with Gasteiger partial charge in [-0.3, -0.25) is 9.97 Å². The molecule has 0 aliphatic rings. The van der Waals surface area contributed by atoms with Crippen LogP contribution >= 0.6 is 15.9 Å². The molecule has 0 aliphatic heterocycles. The molecule has 0 spiro atoms. The van der Waals surface area contributed by atoms with Crippen LogP contribution in [0.1, 0.15) is 5.56 Å². The second-order valence-corrected chi connectivity index (χ2v) is 3.82. The Morgan fingerprint density at radius 2 is 2.00 bits per heavy atom. The third kappa shape index (κ3) is 2.20.